The number of nitrogens with one attached hydrogen (secondary N) is 2. The topological polar surface area (TPSA) is 203 Å². The van der Waals surface area contributed by atoms with Gasteiger partial charge in [0.25, 0.3) is 0 Å². The third kappa shape index (κ3) is 5.16. The molecule has 13 nitrogen and oxygen atoms in total. The maximum Gasteiger partial charge on any atom is 0.327 e. The number of aliphatic imine (C=N–C) groups is 1. The molecule has 1 aromatic carbocycles. The second kappa shape index (κ2) is 10.6. The normalized spacial score (nSPS) is 27.1. The lowest BCUT2D eigenvalue weighted by molar-refractivity contribution is -0.161. The number of aromatic hydroxyl groups is 1. The highest BCUT2D eigenvalue weighted by Gasteiger charge is 2.64. The zero-order valence-electron chi connectivity index (χ0n) is 20.9. The molecule has 1 aliphatic carbocycles. The van der Waals surface area contributed by atoms with E-state index in [4.69, 9.17) is 5.11 Å². The SMILES string of the molecule is CC1(C)S[C@@H]2[C@H](NC(=O)C(N=C3C(=O)C=CC(=O)C3C(=O)NCCO)c3ccc(O)cc3)C(=O)N2[C@H]1C(=O)O. The van der Waals surface area contributed by atoms with Crippen LogP contribution in [0.15, 0.2) is 41.4 Å². The smallest absolute Gasteiger partial charge is 0.327 e. The Morgan fingerprint density at radius 3 is 2.41 bits per heavy atom. The second-order valence-electron chi connectivity index (χ2n) is 9.64. The van der Waals surface area contributed by atoms with Gasteiger partial charge in [-0.25, -0.2) is 4.79 Å². The molecule has 1 aromatic rings. The number of phenols is 1. The fraction of sp³-hybridized carbons (Fsp3) is 0.400. The van der Waals surface area contributed by atoms with E-state index in [2.05, 4.69) is 15.6 Å². The number of allylic oxidation sites excluding steroid dienone is 2. The summed E-state index contributed by atoms with van der Waals surface area (Å²) in [4.78, 5) is 81.6. The third-order valence-corrected chi connectivity index (χ3v) is 8.15. The third-order valence-electron chi connectivity index (χ3n) is 6.58. The van der Waals surface area contributed by atoms with Crippen LogP contribution in [0.3, 0.4) is 0 Å². The highest BCUT2D eigenvalue weighted by Crippen LogP contribution is 2.50. The Hall–Kier alpha value is -4.04. The van der Waals surface area contributed by atoms with Crippen LogP contribution in [0.5, 0.6) is 5.75 Å². The van der Waals surface area contributed by atoms with Crippen LogP contribution in [0.2, 0.25) is 0 Å². The molecule has 5 atom stereocenters. The van der Waals surface area contributed by atoms with Crippen LogP contribution >= 0.6 is 11.8 Å². The van der Waals surface area contributed by atoms with Gasteiger partial charge < -0.3 is 30.9 Å². The molecule has 0 aromatic heterocycles. The molecule has 0 spiro atoms. The number of phenolic OH excluding ortho intramolecular Hbond substituents is 1. The van der Waals surface area contributed by atoms with Crippen LogP contribution < -0.4 is 10.6 Å². The molecule has 14 heteroatoms. The molecule has 3 aliphatic rings. The van der Waals surface area contributed by atoms with E-state index in [0.29, 0.717) is 0 Å². The van der Waals surface area contributed by atoms with Crippen molar-refractivity contribution < 1.29 is 44.1 Å². The molecule has 4 rings (SSSR count). The fourth-order valence-electron chi connectivity index (χ4n) is 4.75. The van der Waals surface area contributed by atoms with Gasteiger partial charge in [-0.1, -0.05) is 12.1 Å². The Morgan fingerprint density at radius 1 is 1.13 bits per heavy atom. The number of hydrogen-bond acceptors (Lipinski definition) is 10. The lowest BCUT2D eigenvalue weighted by atomic mass is 9.88. The summed E-state index contributed by atoms with van der Waals surface area (Å²) < 4.78 is -0.821. The number of thioether (sulfide) groups is 1. The minimum atomic E-state index is -1.66. The zero-order chi connectivity index (χ0) is 28.6. The van der Waals surface area contributed by atoms with E-state index in [0.717, 1.165) is 12.2 Å². The first-order chi connectivity index (χ1) is 18.4. The number of aliphatic carboxylic acids is 1. The molecule has 2 unspecified atom stereocenters. The van der Waals surface area contributed by atoms with Crippen LogP contribution in [0, 0.1) is 5.92 Å². The van der Waals surface area contributed by atoms with Crippen molar-refractivity contribution in [3.05, 3.63) is 42.0 Å². The van der Waals surface area contributed by atoms with E-state index in [1.54, 1.807) is 13.8 Å². The minimum absolute atomic E-state index is 0.118. The minimum Gasteiger partial charge on any atom is -0.508 e. The van der Waals surface area contributed by atoms with Crippen molar-refractivity contribution in [2.75, 3.05) is 13.2 Å². The summed E-state index contributed by atoms with van der Waals surface area (Å²) in [6, 6.07) is 1.61. The Kier molecular flexibility index (Phi) is 7.61. The molecule has 3 amide bonds. The van der Waals surface area contributed by atoms with Crippen LogP contribution in [-0.4, -0.2) is 96.5 Å². The van der Waals surface area contributed by atoms with Gasteiger partial charge >= 0.3 is 5.97 Å². The Balaban J connectivity index is 1.67. The largest absolute Gasteiger partial charge is 0.508 e. The predicted octanol–water partition coefficient (Wildman–Crippen LogP) is -1.06. The zero-order valence-corrected chi connectivity index (χ0v) is 21.7. The van der Waals surface area contributed by atoms with Crippen LogP contribution in [-0.2, 0) is 28.8 Å². The van der Waals surface area contributed by atoms with Gasteiger partial charge in [0.15, 0.2) is 11.8 Å². The molecule has 39 heavy (non-hydrogen) atoms. The average molecular weight is 559 g/mol. The lowest BCUT2D eigenvalue weighted by Gasteiger charge is -2.43. The van der Waals surface area contributed by atoms with Crippen LogP contribution in [0.25, 0.3) is 0 Å². The summed E-state index contributed by atoms with van der Waals surface area (Å²) >= 11 is 1.23. The van der Waals surface area contributed by atoms with Crippen molar-refractivity contribution in [1.29, 1.82) is 0 Å². The number of amides is 3. The van der Waals surface area contributed by atoms with Crippen molar-refractivity contribution in [1.82, 2.24) is 15.5 Å². The molecule has 0 saturated carbocycles. The van der Waals surface area contributed by atoms with E-state index < -0.39 is 81.7 Å². The maximum absolute atomic E-state index is 13.5. The molecule has 2 fully saturated rings. The molecule has 2 aliphatic heterocycles. The first-order valence-electron chi connectivity index (χ1n) is 11.9. The number of carboxylic acid groups (broad SMARTS) is 1. The molecule has 0 bridgehead atoms. The molecular formula is C25H26N4O9S. The summed E-state index contributed by atoms with van der Waals surface area (Å²) in [7, 11) is 0. The van der Waals surface area contributed by atoms with Gasteiger partial charge in [-0.15, -0.1) is 11.8 Å². The quantitative estimate of drug-likeness (QED) is 0.193. The van der Waals surface area contributed by atoms with E-state index in [-0.39, 0.29) is 17.9 Å². The number of rotatable bonds is 8. The van der Waals surface area contributed by atoms with Gasteiger partial charge in [-0.2, -0.15) is 0 Å². The maximum atomic E-state index is 13.5. The van der Waals surface area contributed by atoms with E-state index in [1.807, 2.05) is 0 Å². The molecule has 2 saturated heterocycles. The molecule has 0 radical (unpaired) electrons. The average Bonchev–Trinajstić information content (AvgIpc) is 3.14. The monoisotopic (exact) mass is 558 g/mol. The summed E-state index contributed by atoms with van der Waals surface area (Å²) in [6.07, 6.45) is 1.86. The highest BCUT2D eigenvalue weighted by atomic mass is 32.2. The van der Waals surface area contributed by atoms with Gasteiger partial charge in [0.1, 0.15) is 34.8 Å². The van der Waals surface area contributed by atoms with Crippen LogP contribution in [0.1, 0.15) is 25.5 Å². The standard InChI is InChI=1S/C25H26N4O9S/c1-25(2)19(24(37)38)29-22(36)18(23(29)39-25)28-21(35)16(11-3-5-12(31)6-4-11)27-17-14(33)8-7-13(32)15(17)20(34)26-9-10-30/h3-8,15-16,18-19,23,30-31H,9-10H2,1-2H3,(H,26,34)(H,28,35)(H,37,38)/t15?,16?,18-,19+,23-/m1/s1. The van der Waals surface area contributed by atoms with Gasteiger partial charge in [-0.05, 0) is 43.7 Å². The van der Waals surface area contributed by atoms with Crippen molar-refractivity contribution in [3.8, 4) is 5.75 Å². The Bertz CT molecular complexity index is 1310. The summed E-state index contributed by atoms with van der Waals surface area (Å²) in [5, 5.41) is 32.6. The molecule has 2 heterocycles. The number of ketones is 2. The number of carboxylic acids is 1. The van der Waals surface area contributed by atoms with Gasteiger partial charge in [-0.3, -0.25) is 29.0 Å². The number of carbonyl (C=O) groups is 6. The number of hydrogen-bond donors (Lipinski definition) is 5. The first kappa shape index (κ1) is 28.0. The number of aliphatic hydroxyl groups is 1. The van der Waals surface area contributed by atoms with E-state index >= 15 is 0 Å². The van der Waals surface area contributed by atoms with Crippen molar-refractivity contribution in [2.24, 2.45) is 10.9 Å². The summed E-state index contributed by atoms with van der Waals surface area (Å²) in [5.74, 6) is -6.79. The van der Waals surface area contributed by atoms with Crippen molar-refractivity contribution in [2.45, 2.75) is 42.1 Å². The number of carbonyl (C=O) groups excluding carboxylic acids is 5. The van der Waals surface area contributed by atoms with Crippen LogP contribution in [0.4, 0.5) is 0 Å². The summed E-state index contributed by atoms with van der Waals surface area (Å²) in [5.41, 5.74) is -0.316. The molecule has 206 valence electrons. The number of β-lactam (4-membered cyclic amide) rings is 1. The molecule has 5 N–H and O–H groups in total. The van der Waals surface area contributed by atoms with E-state index in [9.17, 15) is 39.0 Å². The van der Waals surface area contributed by atoms with Gasteiger partial charge in [0, 0.05) is 11.3 Å². The second-order valence-corrected chi connectivity index (χ2v) is 11.4. The first-order valence-corrected chi connectivity index (χ1v) is 12.8. The number of benzene rings is 1. The van der Waals surface area contributed by atoms with Gasteiger partial charge in [0.05, 0.1) is 6.61 Å². The summed E-state index contributed by atoms with van der Waals surface area (Å²) in [6.45, 7) is 2.79. The van der Waals surface area contributed by atoms with Crippen molar-refractivity contribution >= 4 is 52.7 Å². The number of nitrogens with zero attached hydrogens (tertiary/aromatic N) is 2. The Morgan fingerprint density at radius 2 is 1.79 bits per heavy atom. The van der Waals surface area contributed by atoms with Gasteiger partial charge in [0.2, 0.25) is 23.5 Å². The van der Waals surface area contributed by atoms with E-state index in [1.165, 1.54) is 40.9 Å². The van der Waals surface area contributed by atoms with Crippen molar-refractivity contribution in [3.63, 3.8) is 0 Å². The number of fused-ring (bicyclic) bond motifs is 1. The number of aliphatic hydroxyl groups excluding tert-OH is 1. The molecular weight excluding hydrogens is 532 g/mol. The highest BCUT2D eigenvalue weighted by molar-refractivity contribution is 8.01. The predicted molar refractivity (Wildman–Crippen MR) is 137 cm³/mol. The fourth-order valence-corrected chi connectivity index (χ4v) is 6.37. The Labute approximate surface area is 226 Å². The lowest BCUT2D eigenvalue weighted by Crippen LogP contribution is -2.70.